The maximum atomic E-state index is 12.7. The molecule has 2 heterocycles. The first-order chi connectivity index (χ1) is 15.2. The largest absolute Gasteiger partial charge is 0.495 e. The summed E-state index contributed by atoms with van der Waals surface area (Å²) in [4.78, 5) is 25.4. The van der Waals surface area contributed by atoms with Crippen LogP contribution in [-0.4, -0.2) is 37.8 Å². The fourth-order valence-corrected chi connectivity index (χ4v) is 3.96. The minimum absolute atomic E-state index is 0.202. The predicted molar refractivity (Wildman–Crippen MR) is 122 cm³/mol. The SMILES string of the molecule is COc1ccccc1-n1c(-c2ccccc2)cnc1SC(C)C(=O)Nc1ncccn1. The van der Waals surface area contributed by atoms with Crippen LogP contribution in [0.25, 0.3) is 16.9 Å². The molecule has 8 heteroatoms. The Morgan fingerprint density at radius 1 is 1.00 bits per heavy atom. The topological polar surface area (TPSA) is 81.9 Å². The Labute approximate surface area is 184 Å². The van der Waals surface area contributed by atoms with E-state index in [2.05, 4.69) is 20.3 Å². The van der Waals surface area contributed by atoms with E-state index in [1.54, 1.807) is 25.6 Å². The third-order valence-electron chi connectivity index (χ3n) is 4.58. The highest BCUT2D eigenvalue weighted by Crippen LogP contribution is 2.35. The summed E-state index contributed by atoms with van der Waals surface area (Å²) in [6.07, 6.45) is 4.98. The minimum Gasteiger partial charge on any atom is -0.495 e. The quantitative estimate of drug-likeness (QED) is 0.435. The number of ether oxygens (including phenoxy) is 1. The van der Waals surface area contributed by atoms with E-state index in [0.29, 0.717) is 10.9 Å². The van der Waals surface area contributed by atoms with Gasteiger partial charge in [0.15, 0.2) is 5.16 Å². The monoisotopic (exact) mass is 431 g/mol. The maximum Gasteiger partial charge on any atom is 0.240 e. The first-order valence-electron chi connectivity index (χ1n) is 9.68. The number of imidazole rings is 1. The Hall–Kier alpha value is -3.65. The van der Waals surface area contributed by atoms with E-state index in [1.165, 1.54) is 11.8 Å². The van der Waals surface area contributed by atoms with Gasteiger partial charge in [0.25, 0.3) is 0 Å². The lowest BCUT2D eigenvalue weighted by Gasteiger charge is -2.17. The lowest BCUT2D eigenvalue weighted by Crippen LogP contribution is -2.24. The fourth-order valence-electron chi connectivity index (χ4n) is 3.06. The molecule has 1 amide bonds. The number of aromatic nitrogens is 4. The molecule has 1 atom stereocenters. The molecule has 31 heavy (non-hydrogen) atoms. The van der Waals surface area contributed by atoms with E-state index in [4.69, 9.17) is 4.74 Å². The van der Waals surface area contributed by atoms with Gasteiger partial charge in [0.2, 0.25) is 11.9 Å². The average molecular weight is 432 g/mol. The number of para-hydroxylation sites is 2. The maximum absolute atomic E-state index is 12.7. The molecule has 4 aromatic rings. The number of nitrogens with zero attached hydrogens (tertiary/aromatic N) is 4. The van der Waals surface area contributed by atoms with Gasteiger partial charge in [-0.2, -0.15) is 0 Å². The van der Waals surface area contributed by atoms with Crippen molar-refractivity contribution in [1.82, 2.24) is 19.5 Å². The number of hydrogen-bond donors (Lipinski definition) is 1. The minimum atomic E-state index is -0.428. The highest BCUT2D eigenvalue weighted by Gasteiger charge is 2.22. The smallest absolute Gasteiger partial charge is 0.240 e. The summed E-state index contributed by atoms with van der Waals surface area (Å²) < 4.78 is 7.61. The number of carbonyl (C=O) groups excluding carboxylic acids is 1. The van der Waals surface area contributed by atoms with Crippen LogP contribution in [0.5, 0.6) is 5.75 Å². The number of benzene rings is 2. The number of thioether (sulfide) groups is 1. The first-order valence-corrected chi connectivity index (χ1v) is 10.6. The second-order valence-electron chi connectivity index (χ2n) is 6.62. The van der Waals surface area contributed by atoms with Gasteiger partial charge in [-0.25, -0.2) is 15.0 Å². The summed E-state index contributed by atoms with van der Waals surface area (Å²) >= 11 is 1.36. The van der Waals surface area contributed by atoms with Gasteiger partial charge in [-0.3, -0.25) is 14.7 Å². The second-order valence-corrected chi connectivity index (χ2v) is 7.93. The molecule has 0 radical (unpaired) electrons. The molecule has 0 fully saturated rings. The molecule has 2 aromatic heterocycles. The van der Waals surface area contributed by atoms with Crippen LogP contribution < -0.4 is 10.1 Å². The van der Waals surface area contributed by atoms with Crippen LogP contribution in [0, 0.1) is 0 Å². The van der Waals surface area contributed by atoms with Crippen molar-refractivity contribution < 1.29 is 9.53 Å². The van der Waals surface area contributed by atoms with Gasteiger partial charge in [0.1, 0.15) is 5.75 Å². The van der Waals surface area contributed by atoms with Gasteiger partial charge in [-0.1, -0.05) is 54.2 Å². The summed E-state index contributed by atoms with van der Waals surface area (Å²) in [6.45, 7) is 1.83. The highest BCUT2D eigenvalue weighted by atomic mass is 32.2. The van der Waals surface area contributed by atoms with E-state index < -0.39 is 5.25 Å². The number of methoxy groups -OCH3 is 1. The summed E-state index contributed by atoms with van der Waals surface area (Å²) in [5.41, 5.74) is 2.78. The number of carbonyl (C=O) groups is 1. The van der Waals surface area contributed by atoms with Gasteiger partial charge in [-0.05, 0) is 25.1 Å². The molecule has 156 valence electrons. The van der Waals surface area contributed by atoms with Crippen LogP contribution in [-0.2, 0) is 4.79 Å². The lowest BCUT2D eigenvalue weighted by molar-refractivity contribution is -0.115. The number of amides is 1. The molecule has 0 aliphatic rings. The predicted octanol–water partition coefficient (Wildman–Crippen LogP) is 4.46. The number of nitrogens with one attached hydrogen (secondary N) is 1. The van der Waals surface area contributed by atoms with Crippen molar-refractivity contribution in [3.63, 3.8) is 0 Å². The van der Waals surface area contributed by atoms with Crippen molar-refractivity contribution in [1.29, 1.82) is 0 Å². The molecule has 1 unspecified atom stereocenters. The third kappa shape index (κ3) is 4.59. The number of anilines is 1. The first kappa shape index (κ1) is 20.6. The Balaban J connectivity index is 1.69. The molecular weight excluding hydrogens is 410 g/mol. The molecule has 7 nitrogen and oxygen atoms in total. The Morgan fingerprint density at radius 2 is 1.71 bits per heavy atom. The molecule has 0 saturated heterocycles. The molecule has 0 aliphatic carbocycles. The second kappa shape index (κ2) is 9.44. The van der Waals surface area contributed by atoms with Gasteiger partial charge in [-0.15, -0.1) is 0 Å². The zero-order chi connectivity index (χ0) is 21.6. The standard InChI is InChI=1S/C23H21N5O2S/c1-16(21(29)27-22-24-13-8-14-25-22)31-23-26-15-19(17-9-4-3-5-10-17)28(23)18-11-6-7-12-20(18)30-2/h3-16H,1-2H3,(H,24,25,27,29). The van der Waals surface area contributed by atoms with E-state index in [0.717, 1.165) is 16.9 Å². The molecular formula is C23H21N5O2S. The van der Waals surface area contributed by atoms with Crippen molar-refractivity contribution in [2.24, 2.45) is 0 Å². The number of rotatable bonds is 7. The van der Waals surface area contributed by atoms with Crippen molar-refractivity contribution in [2.45, 2.75) is 17.3 Å². The zero-order valence-corrected chi connectivity index (χ0v) is 17.9. The molecule has 2 aromatic carbocycles. The average Bonchev–Trinajstić information content (AvgIpc) is 3.23. The van der Waals surface area contributed by atoms with Crippen LogP contribution >= 0.6 is 11.8 Å². The van der Waals surface area contributed by atoms with Gasteiger partial charge in [0, 0.05) is 18.0 Å². The van der Waals surface area contributed by atoms with Crippen LogP contribution in [0.2, 0.25) is 0 Å². The Morgan fingerprint density at radius 3 is 2.45 bits per heavy atom. The zero-order valence-electron chi connectivity index (χ0n) is 17.1. The van der Waals surface area contributed by atoms with Crippen molar-refractivity contribution in [2.75, 3.05) is 12.4 Å². The molecule has 0 aliphatic heterocycles. The third-order valence-corrected chi connectivity index (χ3v) is 5.64. The Bertz CT molecular complexity index is 1170. The van der Waals surface area contributed by atoms with Gasteiger partial charge >= 0.3 is 0 Å². The summed E-state index contributed by atoms with van der Waals surface area (Å²) in [7, 11) is 1.64. The fraction of sp³-hybridized carbons (Fsp3) is 0.130. The van der Waals surface area contributed by atoms with Gasteiger partial charge < -0.3 is 4.74 Å². The van der Waals surface area contributed by atoms with Crippen molar-refractivity contribution in [3.8, 4) is 22.7 Å². The van der Waals surface area contributed by atoms with Gasteiger partial charge in [0.05, 0.1) is 29.9 Å². The summed E-state index contributed by atoms with van der Waals surface area (Å²) in [5.74, 6) is 0.791. The van der Waals surface area contributed by atoms with E-state index in [1.807, 2.05) is 72.3 Å². The normalized spacial score (nSPS) is 11.7. The van der Waals surface area contributed by atoms with Crippen LogP contribution in [0.15, 0.2) is 84.4 Å². The van der Waals surface area contributed by atoms with Crippen molar-refractivity contribution in [3.05, 3.63) is 79.3 Å². The van der Waals surface area contributed by atoms with E-state index in [-0.39, 0.29) is 11.9 Å². The van der Waals surface area contributed by atoms with Crippen LogP contribution in [0.4, 0.5) is 5.95 Å². The van der Waals surface area contributed by atoms with Crippen LogP contribution in [0.1, 0.15) is 6.92 Å². The summed E-state index contributed by atoms with van der Waals surface area (Å²) in [6, 6.07) is 19.4. The molecule has 0 bridgehead atoms. The Kier molecular flexibility index (Phi) is 6.28. The van der Waals surface area contributed by atoms with Crippen molar-refractivity contribution >= 4 is 23.6 Å². The van der Waals surface area contributed by atoms with E-state index >= 15 is 0 Å². The number of hydrogen-bond acceptors (Lipinski definition) is 6. The summed E-state index contributed by atoms with van der Waals surface area (Å²) in [5, 5.41) is 2.99. The molecule has 4 rings (SSSR count). The lowest BCUT2D eigenvalue weighted by atomic mass is 10.1. The molecule has 0 saturated carbocycles. The molecule has 1 N–H and O–H groups in total. The highest BCUT2D eigenvalue weighted by molar-refractivity contribution is 8.00. The molecule has 0 spiro atoms. The van der Waals surface area contributed by atoms with Crippen LogP contribution in [0.3, 0.4) is 0 Å². The van der Waals surface area contributed by atoms with E-state index in [9.17, 15) is 4.79 Å².